The van der Waals surface area contributed by atoms with Gasteiger partial charge in [-0.25, -0.2) is 0 Å². The maximum atomic E-state index is 12.9. The molecule has 0 aromatic heterocycles. The van der Waals surface area contributed by atoms with Crippen molar-refractivity contribution < 1.29 is 34.0 Å². The standard InChI is InChI=1S/C22H23NO7/c1-28-11-10-23-19(13-4-7-15(24)8-5-13)18(21(26)22(23)27)20(25)14-6-9-16(29-2)17(12-14)30-3/h4-9,12,19,24-25H,10-11H2,1-3H3/b20-18-. The van der Waals surface area contributed by atoms with E-state index >= 15 is 0 Å². The van der Waals surface area contributed by atoms with Gasteiger partial charge in [0.2, 0.25) is 0 Å². The summed E-state index contributed by atoms with van der Waals surface area (Å²) in [6.45, 7) is 0.382. The lowest BCUT2D eigenvalue weighted by Crippen LogP contribution is -2.32. The number of hydrogen-bond donors (Lipinski definition) is 2. The number of aromatic hydroxyl groups is 1. The van der Waals surface area contributed by atoms with E-state index in [1.807, 2.05) is 0 Å². The van der Waals surface area contributed by atoms with Gasteiger partial charge in [-0.15, -0.1) is 0 Å². The van der Waals surface area contributed by atoms with Gasteiger partial charge < -0.3 is 29.3 Å². The van der Waals surface area contributed by atoms with Crippen molar-refractivity contribution in [2.24, 2.45) is 0 Å². The molecule has 0 bridgehead atoms. The second kappa shape index (κ2) is 8.87. The summed E-state index contributed by atoms with van der Waals surface area (Å²) in [5.74, 6) is -0.968. The lowest BCUT2D eigenvalue weighted by atomic mass is 9.95. The summed E-state index contributed by atoms with van der Waals surface area (Å²) in [6.07, 6.45) is 0. The van der Waals surface area contributed by atoms with Gasteiger partial charge in [0.1, 0.15) is 11.5 Å². The fourth-order valence-electron chi connectivity index (χ4n) is 3.44. The van der Waals surface area contributed by atoms with Gasteiger partial charge in [-0.2, -0.15) is 0 Å². The fourth-order valence-corrected chi connectivity index (χ4v) is 3.44. The average molecular weight is 413 g/mol. The summed E-state index contributed by atoms with van der Waals surface area (Å²) < 4.78 is 15.6. The predicted octanol–water partition coefficient (Wildman–Crippen LogP) is 2.48. The van der Waals surface area contributed by atoms with Crippen LogP contribution in [-0.4, -0.2) is 61.3 Å². The molecular weight excluding hydrogens is 390 g/mol. The zero-order chi connectivity index (χ0) is 21.8. The first-order valence-corrected chi connectivity index (χ1v) is 9.21. The first-order chi connectivity index (χ1) is 14.4. The van der Waals surface area contributed by atoms with Crippen LogP contribution < -0.4 is 9.47 Å². The number of carbonyl (C=O) groups is 2. The van der Waals surface area contributed by atoms with Gasteiger partial charge in [0.25, 0.3) is 11.7 Å². The van der Waals surface area contributed by atoms with Crippen molar-refractivity contribution in [1.29, 1.82) is 0 Å². The molecule has 1 aliphatic rings. The third kappa shape index (κ3) is 3.81. The Morgan fingerprint density at radius 3 is 2.27 bits per heavy atom. The highest BCUT2D eigenvalue weighted by Gasteiger charge is 2.45. The fraction of sp³-hybridized carbons (Fsp3) is 0.273. The minimum atomic E-state index is -0.825. The van der Waals surface area contributed by atoms with Gasteiger partial charge in [0.15, 0.2) is 11.5 Å². The van der Waals surface area contributed by atoms with Gasteiger partial charge >= 0.3 is 0 Å². The van der Waals surface area contributed by atoms with Crippen molar-refractivity contribution in [2.45, 2.75) is 6.04 Å². The molecule has 0 spiro atoms. The molecule has 0 radical (unpaired) electrons. The third-order valence-corrected chi connectivity index (χ3v) is 4.94. The minimum Gasteiger partial charge on any atom is -0.508 e. The molecule has 1 heterocycles. The number of aliphatic hydroxyl groups excluding tert-OH is 1. The minimum absolute atomic E-state index is 0.0472. The van der Waals surface area contributed by atoms with Crippen LogP contribution in [0.25, 0.3) is 5.76 Å². The molecule has 2 N–H and O–H groups in total. The number of ether oxygens (including phenoxy) is 3. The number of ketones is 1. The molecule has 3 rings (SSSR count). The quantitative estimate of drug-likeness (QED) is 0.408. The van der Waals surface area contributed by atoms with E-state index in [-0.39, 0.29) is 30.2 Å². The maximum Gasteiger partial charge on any atom is 0.295 e. The van der Waals surface area contributed by atoms with E-state index in [9.17, 15) is 19.8 Å². The Labute approximate surface area is 173 Å². The number of amides is 1. The predicted molar refractivity (Wildman–Crippen MR) is 109 cm³/mol. The monoisotopic (exact) mass is 413 g/mol. The number of nitrogens with zero attached hydrogens (tertiary/aromatic N) is 1. The van der Waals surface area contributed by atoms with Gasteiger partial charge in [-0.05, 0) is 35.9 Å². The maximum absolute atomic E-state index is 12.9. The van der Waals surface area contributed by atoms with E-state index in [2.05, 4.69) is 0 Å². The smallest absolute Gasteiger partial charge is 0.295 e. The van der Waals surface area contributed by atoms with Gasteiger partial charge in [0, 0.05) is 19.2 Å². The van der Waals surface area contributed by atoms with E-state index < -0.39 is 17.7 Å². The van der Waals surface area contributed by atoms with Crippen LogP contribution in [0.2, 0.25) is 0 Å². The molecule has 8 nitrogen and oxygen atoms in total. The number of carbonyl (C=O) groups excluding carboxylic acids is 2. The zero-order valence-corrected chi connectivity index (χ0v) is 16.9. The molecule has 0 aliphatic carbocycles. The van der Waals surface area contributed by atoms with E-state index in [1.54, 1.807) is 24.3 Å². The van der Waals surface area contributed by atoms with Crippen LogP contribution in [0.5, 0.6) is 17.2 Å². The lowest BCUT2D eigenvalue weighted by Gasteiger charge is -2.25. The van der Waals surface area contributed by atoms with Crippen LogP contribution in [0.4, 0.5) is 0 Å². The van der Waals surface area contributed by atoms with Crippen molar-refractivity contribution in [3.05, 3.63) is 59.2 Å². The first kappa shape index (κ1) is 21.2. The van der Waals surface area contributed by atoms with Gasteiger partial charge in [-0.1, -0.05) is 12.1 Å². The number of phenolic OH excluding ortho intramolecular Hbond substituents is 1. The highest BCUT2D eigenvalue weighted by Crippen LogP contribution is 2.40. The summed E-state index contributed by atoms with van der Waals surface area (Å²) in [4.78, 5) is 26.9. The summed E-state index contributed by atoms with van der Waals surface area (Å²) in [7, 11) is 4.45. The van der Waals surface area contributed by atoms with E-state index in [0.717, 1.165) is 0 Å². The Bertz CT molecular complexity index is 981. The van der Waals surface area contributed by atoms with Crippen LogP contribution in [0.15, 0.2) is 48.0 Å². The summed E-state index contributed by atoms with van der Waals surface area (Å²) >= 11 is 0. The second-order valence-electron chi connectivity index (χ2n) is 6.65. The second-order valence-corrected chi connectivity index (χ2v) is 6.65. The van der Waals surface area contributed by atoms with Crippen LogP contribution in [0.1, 0.15) is 17.2 Å². The van der Waals surface area contributed by atoms with Crippen LogP contribution in [0, 0.1) is 0 Å². The van der Waals surface area contributed by atoms with Crippen LogP contribution >= 0.6 is 0 Å². The highest BCUT2D eigenvalue weighted by molar-refractivity contribution is 6.46. The molecule has 1 saturated heterocycles. The Morgan fingerprint density at radius 1 is 1.00 bits per heavy atom. The third-order valence-electron chi connectivity index (χ3n) is 4.94. The number of phenols is 1. The Balaban J connectivity index is 2.16. The molecule has 0 saturated carbocycles. The molecule has 1 fully saturated rings. The van der Waals surface area contributed by atoms with Gasteiger partial charge in [-0.3, -0.25) is 9.59 Å². The largest absolute Gasteiger partial charge is 0.508 e. The van der Waals surface area contributed by atoms with Crippen LogP contribution in [0.3, 0.4) is 0 Å². The number of aliphatic hydroxyl groups is 1. The van der Waals surface area contributed by atoms with Crippen LogP contribution in [-0.2, 0) is 14.3 Å². The number of Topliss-reactive ketones (excluding diaryl/α,β-unsaturated/α-hetero) is 1. The molecule has 8 heteroatoms. The molecular formula is C22H23NO7. The van der Waals surface area contributed by atoms with Crippen molar-refractivity contribution >= 4 is 17.4 Å². The molecule has 158 valence electrons. The Hall–Kier alpha value is -3.52. The summed E-state index contributed by atoms with van der Waals surface area (Å²) in [5, 5.41) is 20.6. The number of rotatable bonds is 7. The first-order valence-electron chi connectivity index (χ1n) is 9.21. The highest BCUT2D eigenvalue weighted by atomic mass is 16.5. The van der Waals surface area contributed by atoms with Crippen molar-refractivity contribution in [3.63, 3.8) is 0 Å². The molecule has 2 aromatic rings. The average Bonchev–Trinajstić information content (AvgIpc) is 3.01. The molecule has 1 amide bonds. The Morgan fingerprint density at radius 2 is 1.67 bits per heavy atom. The lowest BCUT2D eigenvalue weighted by molar-refractivity contribution is -0.140. The normalized spacial score (nSPS) is 18.0. The van der Waals surface area contributed by atoms with Gasteiger partial charge in [0.05, 0.1) is 32.4 Å². The molecule has 2 aromatic carbocycles. The van der Waals surface area contributed by atoms with E-state index in [1.165, 1.54) is 44.4 Å². The number of likely N-dealkylation sites (tertiary alicyclic amines) is 1. The number of benzene rings is 2. The molecule has 1 atom stereocenters. The molecule has 30 heavy (non-hydrogen) atoms. The molecule has 1 unspecified atom stereocenters. The van der Waals surface area contributed by atoms with Crippen molar-refractivity contribution in [1.82, 2.24) is 4.90 Å². The van der Waals surface area contributed by atoms with Crippen molar-refractivity contribution in [3.8, 4) is 17.2 Å². The van der Waals surface area contributed by atoms with E-state index in [0.29, 0.717) is 22.6 Å². The van der Waals surface area contributed by atoms with Crippen molar-refractivity contribution in [2.75, 3.05) is 34.5 Å². The summed E-state index contributed by atoms with van der Waals surface area (Å²) in [6, 6.07) is 10.0. The van der Waals surface area contributed by atoms with E-state index in [4.69, 9.17) is 14.2 Å². The summed E-state index contributed by atoms with van der Waals surface area (Å²) in [5.41, 5.74) is 0.834. The molecule has 1 aliphatic heterocycles. The number of methoxy groups -OCH3 is 3. The number of hydrogen-bond acceptors (Lipinski definition) is 7. The SMILES string of the molecule is COCCN1C(=O)C(=O)/C(=C(\O)c2ccc(OC)c(OC)c2)C1c1ccc(O)cc1. The topological polar surface area (TPSA) is 106 Å². The zero-order valence-electron chi connectivity index (χ0n) is 16.9. The Kier molecular flexibility index (Phi) is 6.27.